The molecule has 0 aromatic carbocycles. The molecule has 1 N–H and O–H groups in total. The molecule has 1 aromatic heterocycles. The van der Waals surface area contributed by atoms with Gasteiger partial charge in [0.1, 0.15) is 0 Å². The van der Waals surface area contributed by atoms with Crippen LogP contribution < -0.4 is 5.32 Å². The first-order chi connectivity index (χ1) is 9.49. The van der Waals surface area contributed by atoms with Gasteiger partial charge in [-0.05, 0) is 20.1 Å². The van der Waals surface area contributed by atoms with Gasteiger partial charge in [0.05, 0.1) is 29.0 Å². The number of hydrogen-bond donors (Lipinski definition) is 1. The van der Waals surface area contributed by atoms with Crippen LogP contribution in [0.4, 0.5) is 5.69 Å². The number of halogens is 1. The molecule has 20 heavy (non-hydrogen) atoms. The number of rotatable bonds is 6. The van der Waals surface area contributed by atoms with Crippen LogP contribution in [-0.2, 0) is 4.79 Å². The first-order valence-electron chi connectivity index (χ1n) is 5.92. The molecule has 0 spiro atoms. The van der Waals surface area contributed by atoms with E-state index in [0.29, 0.717) is 11.4 Å². The van der Waals surface area contributed by atoms with Crippen LogP contribution in [0.5, 0.6) is 0 Å². The third-order valence-electron chi connectivity index (χ3n) is 2.40. The second-order valence-corrected chi connectivity index (χ2v) is 5.43. The van der Waals surface area contributed by atoms with Crippen molar-refractivity contribution < 1.29 is 4.79 Å². The van der Waals surface area contributed by atoms with Crippen LogP contribution in [0, 0.1) is 0 Å². The van der Waals surface area contributed by atoms with Crippen LogP contribution in [0.25, 0.3) is 5.70 Å². The summed E-state index contributed by atoms with van der Waals surface area (Å²) in [6.07, 6.45) is 8.47. The van der Waals surface area contributed by atoms with E-state index in [9.17, 15) is 4.79 Å². The maximum atomic E-state index is 11.8. The highest BCUT2D eigenvalue weighted by Gasteiger charge is 2.15. The van der Waals surface area contributed by atoms with Crippen molar-refractivity contribution in [3.63, 3.8) is 0 Å². The third kappa shape index (κ3) is 4.54. The Morgan fingerprint density at radius 2 is 2.40 bits per heavy atom. The number of allylic oxidation sites excluding steroid dienone is 2. The normalized spacial score (nSPS) is 13.0. The molecule has 1 atom stereocenters. The average molecular weight is 313 g/mol. The molecule has 0 aliphatic carbocycles. The number of nitrogens with one attached hydrogen (secondary N) is 1. The largest absolute Gasteiger partial charge is 0.321 e. The van der Waals surface area contributed by atoms with E-state index in [1.807, 2.05) is 20.1 Å². The Kier molecular flexibility index (Phi) is 6.54. The molecule has 7 heteroatoms. The van der Waals surface area contributed by atoms with Crippen molar-refractivity contribution >= 4 is 46.9 Å². The number of carbonyl (C=O) groups is 1. The lowest BCUT2D eigenvalue weighted by molar-refractivity contribution is -0.115. The lowest BCUT2D eigenvalue weighted by Gasteiger charge is -2.07. The number of aromatic nitrogens is 2. The van der Waals surface area contributed by atoms with Crippen LogP contribution in [-0.4, -0.2) is 33.4 Å². The second kappa shape index (κ2) is 7.91. The Morgan fingerprint density at radius 3 is 3.00 bits per heavy atom. The smallest absolute Gasteiger partial charge is 0.237 e. The van der Waals surface area contributed by atoms with Gasteiger partial charge >= 0.3 is 0 Å². The summed E-state index contributed by atoms with van der Waals surface area (Å²) in [5.74, 6) is -0.118. The van der Waals surface area contributed by atoms with Gasteiger partial charge in [-0.15, -0.1) is 0 Å². The van der Waals surface area contributed by atoms with Crippen LogP contribution in [0.1, 0.15) is 13.8 Å². The zero-order chi connectivity index (χ0) is 15.1. The predicted octanol–water partition coefficient (Wildman–Crippen LogP) is 3.30. The van der Waals surface area contributed by atoms with E-state index < -0.39 is 0 Å². The van der Waals surface area contributed by atoms with Gasteiger partial charge in [-0.2, -0.15) is 16.9 Å². The molecule has 1 unspecified atom stereocenters. The monoisotopic (exact) mass is 312 g/mol. The molecule has 108 valence electrons. The minimum Gasteiger partial charge on any atom is -0.321 e. The van der Waals surface area contributed by atoms with Gasteiger partial charge in [-0.25, -0.2) is 4.68 Å². The highest BCUT2D eigenvalue weighted by Crippen LogP contribution is 2.22. The molecule has 1 aromatic rings. The second-order valence-electron chi connectivity index (χ2n) is 3.90. The summed E-state index contributed by atoms with van der Waals surface area (Å²) in [4.78, 5) is 15.8. The summed E-state index contributed by atoms with van der Waals surface area (Å²) in [5.41, 5.74) is 1.00. The van der Waals surface area contributed by atoms with Crippen LogP contribution in [0.2, 0.25) is 5.15 Å². The predicted molar refractivity (Wildman–Crippen MR) is 87.5 cm³/mol. The minimum absolute atomic E-state index is 0.118. The van der Waals surface area contributed by atoms with Gasteiger partial charge in [-0.1, -0.05) is 24.3 Å². The quantitative estimate of drug-likeness (QED) is 0.820. The van der Waals surface area contributed by atoms with E-state index in [2.05, 4.69) is 22.0 Å². The summed E-state index contributed by atoms with van der Waals surface area (Å²) in [7, 11) is 0. The maximum absolute atomic E-state index is 11.8. The summed E-state index contributed by atoms with van der Waals surface area (Å²) in [6.45, 7) is 7.51. The lowest BCUT2D eigenvalue weighted by Crippen LogP contribution is -2.21. The van der Waals surface area contributed by atoms with E-state index in [4.69, 9.17) is 11.6 Å². The van der Waals surface area contributed by atoms with E-state index >= 15 is 0 Å². The molecule has 0 saturated heterocycles. The van der Waals surface area contributed by atoms with Crippen molar-refractivity contribution in [2.45, 2.75) is 19.1 Å². The molecule has 1 heterocycles. The Bertz CT molecular complexity index is 551. The van der Waals surface area contributed by atoms with E-state index in [-0.39, 0.29) is 16.3 Å². The van der Waals surface area contributed by atoms with Crippen LogP contribution in [0.3, 0.4) is 0 Å². The maximum Gasteiger partial charge on any atom is 0.237 e. The Balaban J connectivity index is 2.82. The molecule has 0 bridgehead atoms. The first-order valence-corrected chi connectivity index (χ1v) is 7.58. The van der Waals surface area contributed by atoms with Gasteiger partial charge in [0.2, 0.25) is 5.91 Å². The molecular formula is C13H17ClN4OS. The summed E-state index contributed by atoms with van der Waals surface area (Å²) in [6, 6.07) is 0. The third-order valence-corrected chi connectivity index (χ3v) is 3.60. The summed E-state index contributed by atoms with van der Waals surface area (Å²) < 4.78 is 1.47. The lowest BCUT2D eigenvalue weighted by atomic mass is 10.4. The zero-order valence-electron chi connectivity index (χ0n) is 11.6. The Labute approximate surface area is 127 Å². The fraction of sp³-hybridized carbons (Fsp3) is 0.308. The number of aliphatic imine (C=N–C) groups is 1. The number of nitrogens with zero attached hydrogens (tertiary/aromatic N) is 3. The van der Waals surface area contributed by atoms with Gasteiger partial charge in [-0.3, -0.25) is 9.79 Å². The van der Waals surface area contributed by atoms with Crippen LogP contribution in [0.15, 0.2) is 30.0 Å². The fourth-order valence-electron chi connectivity index (χ4n) is 1.20. The average Bonchev–Trinajstić information content (AvgIpc) is 2.79. The molecule has 1 amide bonds. The van der Waals surface area contributed by atoms with Gasteiger partial charge < -0.3 is 5.32 Å². The van der Waals surface area contributed by atoms with E-state index in [1.54, 1.807) is 24.7 Å². The fourth-order valence-corrected chi connectivity index (χ4v) is 1.65. The highest BCUT2D eigenvalue weighted by atomic mass is 35.5. The molecular weight excluding hydrogens is 296 g/mol. The number of thioether (sulfide) groups is 1. The van der Waals surface area contributed by atoms with Crippen molar-refractivity contribution in [3.05, 3.63) is 30.2 Å². The van der Waals surface area contributed by atoms with E-state index in [1.165, 1.54) is 16.4 Å². The van der Waals surface area contributed by atoms with Crippen molar-refractivity contribution in [1.82, 2.24) is 9.78 Å². The van der Waals surface area contributed by atoms with Crippen molar-refractivity contribution in [3.8, 4) is 0 Å². The molecule has 0 saturated carbocycles. The molecule has 0 radical (unpaired) electrons. The van der Waals surface area contributed by atoms with Gasteiger partial charge in [0.25, 0.3) is 0 Å². The summed E-state index contributed by atoms with van der Waals surface area (Å²) in [5, 5.41) is 6.86. The number of carbonyl (C=O) groups excluding carboxylic acids is 1. The van der Waals surface area contributed by atoms with Crippen molar-refractivity contribution in [1.29, 1.82) is 0 Å². The SMILES string of the molecule is C=C(C=N/C=C\C)n1cc(NC(=O)C(C)SC)c(Cl)n1. The standard InChI is InChI=1S/C13H17ClN4OS/c1-5-6-15-7-9(2)18-8-11(12(14)17-18)16-13(19)10(3)20-4/h5-8,10H,2H2,1,3-4H3,(H,16,19)/b6-5-,15-7?. The summed E-state index contributed by atoms with van der Waals surface area (Å²) >= 11 is 7.45. The first kappa shape index (κ1) is 16.5. The molecule has 0 fully saturated rings. The number of amides is 1. The molecule has 0 aliphatic rings. The minimum atomic E-state index is -0.158. The van der Waals surface area contributed by atoms with Crippen molar-refractivity contribution in [2.24, 2.45) is 4.99 Å². The topological polar surface area (TPSA) is 59.3 Å². The molecule has 5 nitrogen and oxygen atoms in total. The molecule has 1 rings (SSSR count). The highest BCUT2D eigenvalue weighted by molar-refractivity contribution is 7.99. The number of hydrogen-bond acceptors (Lipinski definition) is 4. The van der Waals surface area contributed by atoms with Crippen molar-refractivity contribution in [2.75, 3.05) is 11.6 Å². The molecule has 0 aliphatic heterocycles. The number of anilines is 1. The van der Waals surface area contributed by atoms with Crippen LogP contribution >= 0.6 is 23.4 Å². The van der Waals surface area contributed by atoms with Gasteiger partial charge in [0, 0.05) is 6.20 Å². The Morgan fingerprint density at radius 1 is 1.70 bits per heavy atom. The Hall–Kier alpha value is -1.53. The van der Waals surface area contributed by atoms with E-state index in [0.717, 1.165) is 0 Å². The van der Waals surface area contributed by atoms with Gasteiger partial charge in [0.15, 0.2) is 5.15 Å². The zero-order valence-corrected chi connectivity index (χ0v) is 13.2.